The van der Waals surface area contributed by atoms with Crippen molar-refractivity contribution in [1.29, 1.82) is 0 Å². The predicted octanol–water partition coefficient (Wildman–Crippen LogP) is 1.12. The van der Waals surface area contributed by atoms with Gasteiger partial charge in [-0.05, 0) is 33.2 Å². The second-order valence-corrected chi connectivity index (χ2v) is 5.07. The molecule has 0 amide bonds. The highest BCUT2D eigenvalue weighted by molar-refractivity contribution is 5.31. The van der Waals surface area contributed by atoms with E-state index in [1.165, 1.54) is 0 Å². The zero-order valence-corrected chi connectivity index (χ0v) is 11.4. The summed E-state index contributed by atoms with van der Waals surface area (Å²) < 4.78 is 7.17. The van der Waals surface area contributed by atoms with Crippen LogP contribution in [0.2, 0.25) is 0 Å². The molecule has 1 aromatic rings. The standard InChI is InChI=1S/C13H23N3O2/c1-4-16-12(11(18-3)9-15-16)13(2,17)10-6-5-7-14-8-10/h9-10,14,17H,4-8H2,1-3H3. The van der Waals surface area contributed by atoms with Crippen LogP contribution in [0.15, 0.2) is 6.20 Å². The Kier molecular flexibility index (Phi) is 3.92. The van der Waals surface area contributed by atoms with Crippen molar-refractivity contribution in [3.63, 3.8) is 0 Å². The number of nitrogens with zero attached hydrogens (tertiary/aromatic N) is 2. The van der Waals surface area contributed by atoms with Gasteiger partial charge in [-0.2, -0.15) is 5.10 Å². The quantitative estimate of drug-likeness (QED) is 0.844. The Morgan fingerprint density at radius 1 is 1.67 bits per heavy atom. The molecule has 0 aromatic carbocycles. The van der Waals surface area contributed by atoms with E-state index in [0.717, 1.165) is 38.2 Å². The van der Waals surface area contributed by atoms with Gasteiger partial charge < -0.3 is 15.2 Å². The number of rotatable bonds is 4. The maximum atomic E-state index is 10.9. The SMILES string of the molecule is CCn1ncc(OC)c1C(C)(O)C1CCCNC1. The summed E-state index contributed by atoms with van der Waals surface area (Å²) in [7, 11) is 1.62. The largest absolute Gasteiger partial charge is 0.493 e. The third kappa shape index (κ3) is 2.24. The fourth-order valence-electron chi connectivity index (χ4n) is 2.79. The molecule has 18 heavy (non-hydrogen) atoms. The topological polar surface area (TPSA) is 59.3 Å². The van der Waals surface area contributed by atoms with Gasteiger partial charge in [-0.1, -0.05) is 0 Å². The van der Waals surface area contributed by atoms with Crippen molar-refractivity contribution in [1.82, 2.24) is 15.1 Å². The summed E-state index contributed by atoms with van der Waals surface area (Å²) in [4.78, 5) is 0. The Labute approximate surface area is 108 Å². The summed E-state index contributed by atoms with van der Waals surface area (Å²) in [6.45, 7) is 6.50. The molecular weight excluding hydrogens is 230 g/mol. The summed E-state index contributed by atoms with van der Waals surface area (Å²) in [5, 5.41) is 18.6. The van der Waals surface area contributed by atoms with E-state index in [0.29, 0.717) is 5.75 Å². The van der Waals surface area contributed by atoms with Crippen LogP contribution in [0.25, 0.3) is 0 Å². The lowest BCUT2D eigenvalue weighted by molar-refractivity contribution is -0.0248. The lowest BCUT2D eigenvalue weighted by Crippen LogP contribution is -2.43. The number of ether oxygens (including phenoxy) is 1. The van der Waals surface area contributed by atoms with Crippen LogP contribution in [-0.2, 0) is 12.1 Å². The van der Waals surface area contributed by atoms with Crippen LogP contribution in [0.5, 0.6) is 5.75 Å². The van der Waals surface area contributed by atoms with Gasteiger partial charge in [0.25, 0.3) is 0 Å². The average Bonchev–Trinajstić information content (AvgIpc) is 2.83. The first-order valence-corrected chi connectivity index (χ1v) is 6.64. The fraction of sp³-hybridized carbons (Fsp3) is 0.769. The van der Waals surface area contributed by atoms with Crippen LogP contribution < -0.4 is 10.1 Å². The molecule has 1 fully saturated rings. The van der Waals surface area contributed by atoms with Gasteiger partial charge in [0.1, 0.15) is 11.3 Å². The van der Waals surface area contributed by atoms with E-state index in [-0.39, 0.29) is 5.92 Å². The van der Waals surface area contributed by atoms with E-state index in [2.05, 4.69) is 10.4 Å². The first-order valence-electron chi connectivity index (χ1n) is 6.64. The molecule has 0 aliphatic carbocycles. The number of hydrogen-bond donors (Lipinski definition) is 2. The second kappa shape index (κ2) is 5.28. The van der Waals surface area contributed by atoms with E-state index in [4.69, 9.17) is 4.74 Å². The van der Waals surface area contributed by atoms with Crippen LogP contribution in [0, 0.1) is 5.92 Å². The first kappa shape index (κ1) is 13.4. The molecule has 1 saturated heterocycles. The van der Waals surface area contributed by atoms with E-state index in [9.17, 15) is 5.11 Å². The van der Waals surface area contributed by atoms with E-state index >= 15 is 0 Å². The second-order valence-electron chi connectivity index (χ2n) is 5.07. The molecule has 0 bridgehead atoms. The molecule has 2 rings (SSSR count). The molecule has 1 aromatic heterocycles. The van der Waals surface area contributed by atoms with Crippen LogP contribution in [0.3, 0.4) is 0 Å². The van der Waals surface area contributed by atoms with Crippen LogP contribution in [0.4, 0.5) is 0 Å². The van der Waals surface area contributed by atoms with Crippen molar-refractivity contribution in [3.8, 4) is 5.75 Å². The smallest absolute Gasteiger partial charge is 0.162 e. The monoisotopic (exact) mass is 253 g/mol. The number of methoxy groups -OCH3 is 1. The molecule has 5 nitrogen and oxygen atoms in total. The molecule has 2 unspecified atom stereocenters. The van der Waals surface area contributed by atoms with Crippen molar-refractivity contribution < 1.29 is 9.84 Å². The molecule has 5 heteroatoms. The van der Waals surface area contributed by atoms with Gasteiger partial charge in [0.05, 0.1) is 13.3 Å². The van der Waals surface area contributed by atoms with Crippen molar-refractivity contribution in [2.45, 2.75) is 38.8 Å². The van der Waals surface area contributed by atoms with Gasteiger partial charge in [-0.3, -0.25) is 4.68 Å². The number of nitrogens with one attached hydrogen (secondary N) is 1. The van der Waals surface area contributed by atoms with Crippen LogP contribution >= 0.6 is 0 Å². The van der Waals surface area contributed by atoms with Gasteiger partial charge in [0.2, 0.25) is 0 Å². The summed E-state index contributed by atoms with van der Waals surface area (Å²) in [6, 6.07) is 0. The minimum atomic E-state index is -0.911. The molecule has 0 saturated carbocycles. The molecule has 2 N–H and O–H groups in total. The van der Waals surface area contributed by atoms with E-state index in [1.54, 1.807) is 13.3 Å². The fourth-order valence-corrected chi connectivity index (χ4v) is 2.79. The molecule has 2 heterocycles. The molecular formula is C13H23N3O2. The lowest BCUT2D eigenvalue weighted by atomic mass is 9.81. The van der Waals surface area contributed by atoms with E-state index < -0.39 is 5.60 Å². The Hall–Kier alpha value is -1.07. The average molecular weight is 253 g/mol. The van der Waals surface area contributed by atoms with Crippen molar-refractivity contribution in [3.05, 3.63) is 11.9 Å². The maximum absolute atomic E-state index is 10.9. The Bertz CT molecular complexity index is 373. The molecule has 2 atom stereocenters. The van der Waals surface area contributed by atoms with Gasteiger partial charge in [0.15, 0.2) is 5.75 Å². The Morgan fingerprint density at radius 2 is 2.44 bits per heavy atom. The van der Waals surface area contributed by atoms with Gasteiger partial charge in [-0.15, -0.1) is 0 Å². The van der Waals surface area contributed by atoms with Crippen molar-refractivity contribution in [2.75, 3.05) is 20.2 Å². The number of aryl methyl sites for hydroxylation is 1. The van der Waals surface area contributed by atoms with Gasteiger partial charge in [-0.25, -0.2) is 0 Å². The highest BCUT2D eigenvalue weighted by Crippen LogP contribution is 2.38. The Morgan fingerprint density at radius 3 is 3.00 bits per heavy atom. The number of aromatic nitrogens is 2. The summed E-state index contributed by atoms with van der Waals surface area (Å²) >= 11 is 0. The maximum Gasteiger partial charge on any atom is 0.162 e. The number of aliphatic hydroxyl groups is 1. The highest BCUT2D eigenvalue weighted by atomic mass is 16.5. The predicted molar refractivity (Wildman–Crippen MR) is 69.6 cm³/mol. The minimum absolute atomic E-state index is 0.196. The van der Waals surface area contributed by atoms with E-state index in [1.807, 2.05) is 18.5 Å². The molecule has 1 aliphatic heterocycles. The summed E-state index contributed by atoms with van der Waals surface area (Å²) in [5.41, 5.74) is -0.119. The molecule has 1 aliphatic rings. The molecule has 0 radical (unpaired) electrons. The van der Waals surface area contributed by atoms with Crippen LogP contribution in [0.1, 0.15) is 32.4 Å². The minimum Gasteiger partial charge on any atom is -0.493 e. The zero-order chi connectivity index (χ0) is 13.2. The van der Waals surface area contributed by atoms with Crippen LogP contribution in [-0.4, -0.2) is 35.1 Å². The van der Waals surface area contributed by atoms with Gasteiger partial charge in [0, 0.05) is 19.0 Å². The number of hydrogen-bond acceptors (Lipinski definition) is 4. The van der Waals surface area contributed by atoms with Crippen molar-refractivity contribution in [2.24, 2.45) is 5.92 Å². The third-order valence-corrected chi connectivity index (χ3v) is 3.90. The van der Waals surface area contributed by atoms with Gasteiger partial charge >= 0.3 is 0 Å². The van der Waals surface area contributed by atoms with Crippen molar-refractivity contribution >= 4 is 0 Å². The zero-order valence-electron chi connectivity index (χ0n) is 11.4. The normalized spacial score (nSPS) is 23.7. The molecule has 102 valence electrons. The first-order chi connectivity index (χ1) is 8.61. The summed E-state index contributed by atoms with van der Waals surface area (Å²) in [5.74, 6) is 0.870. The summed E-state index contributed by atoms with van der Waals surface area (Å²) in [6.07, 6.45) is 3.81. The molecule has 0 spiro atoms. The Balaban J connectivity index is 2.34. The lowest BCUT2D eigenvalue weighted by Gasteiger charge is -2.36. The number of piperidine rings is 1. The third-order valence-electron chi connectivity index (χ3n) is 3.90. The highest BCUT2D eigenvalue weighted by Gasteiger charge is 2.39.